The predicted octanol–water partition coefficient (Wildman–Crippen LogP) is 3.85. The number of cyclic esters (lactones) is 1. The number of para-hydroxylation sites is 1. The highest BCUT2D eigenvalue weighted by Gasteiger charge is 2.50. The van der Waals surface area contributed by atoms with Gasteiger partial charge in [-0.2, -0.15) is 0 Å². The van der Waals surface area contributed by atoms with E-state index in [1.807, 2.05) is 30.3 Å². The van der Waals surface area contributed by atoms with Crippen LogP contribution in [0.1, 0.15) is 40.4 Å². The first-order chi connectivity index (χ1) is 17.8. The lowest BCUT2D eigenvalue weighted by molar-refractivity contribution is -0.384. The van der Waals surface area contributed by atoms with Gasteiger partial charge in [0.05, 0.1) is 39.5 Å². The van der Waals surface area contributed by atoms with E-state index in [2.05, 4.69) is 0 Å². The molecule has 1 unspecified atom stereocenters. The van der Waals surface area contributed by atoms with E-state index in [1.54, 1.807) is 17.6 Å². The monoisotopic (exact) mass is 497 g/mol. The average molecular weight is 497 g/mol. The van der Waals surface area contributed by atoms with Crippen molar-refractivity contribution in [3.8, 4) is 11.4 Å². The van der Waals surface area contributed by atoms with E-state index in [0.29, 0.717) is 17.9 Å². The molecule has 0 amide bonds. The number of nitro groups is 1. The zero-order chi connectivity index (χ0) is 25.9. The second-order valence-corrected chi connectivity index (χ2v) is 8.95. The van der Waals surface area contributed by atoms with Crippen LogP contribution >= 0.6 is 0 Å². The van der Waals surface area contributed by atoms with Crippen LogP contribution in [0.15, 0.2) is 65.5 Å². The lowest BCUT2D eigenvalue weighted by atomic mass is 9.85. The molecular weight excluding hydrogens is 478 g/mol. The summed E-state index contributed by atoms with van der Waals surface area (Å²) < 4.78 is 12.7. The smallest absolute Gasteiger partial charge is 0.355 e. The molecule has 10 nitrogen and oxygen atoms in total. The third-order valence-corrected chi connectivity index (χ3v) is 6.97. The number of ether oxygens (including phenoxy) is 2. The van der Waals surface area contributed by atoms with Gasteiger partial charge in [-0.1, -0.05) is 25.1 Å². The van der Waals surface area contributed by atoms with Gasteiger partial charge in [-0.15, -0.1) is 0 Å². The molecule has 2 aliphatic heterocycles. The van der Waals surface area contributed by atoms with Crippen LogP contribution in [0.2, 0.25) is 0 Å². The topological polar surface area (TPSA) is 131 Å². The van der Waals surface area contributed by atoms with Gasteiger partial charge in [-0.25, -0.2) is 14.6 Å². The van der Waals surface area contributed by atoms with Gasteiger partial charge >= 0.3 is 11.9 Å². The first-order valence-corrected chi connectivity index (χ1v) is 11.6. The van der Waals surface area contributed by atoms with Gasteiger partial charge in [0.25, 0.3) is 11.2 Å². The SMILES string of the molecule is CCC1(OC(=O)c2ccc([N+](=O)[O-])cc2)C(=O)OCc2c1cc1n(c2=O)Cc2cc3ccccc3nc2-1. The maximum atomic E-state index is 13.6. The maximum Gasteiger partial charge on any atom is 0.355 e. The van der Waals surface area contributed by atoms with Crippen LogP contribution in [0.5, 0.6) is 0 Å². The van der Waals surface area contributed by atoms with E-state index in [-0.39, 0.29) is 41.0 Å². The minimum Gasteiger partial charge on any atom is -0.457 e. The Labute approximate surface area is 209 Å². The molecular formula is C27H19N3O7. The molecule has 184 valence electrons. The molecule has 4 heterocycles. The highest BCUT2D eigenvalue weighted by atomic mass is 16.6. The van der Waals surface area contributed by atoms with Crippen molar-refractivity contribution < 1.29 is 24.0 Å². The zero-order valence-corrected chi connectivity index (χ0v) is 19.6. The van der Waals surface area contributed by atoms with Gasteiger partial charge in [0.15, 0.2) is 0 Å². The fourth-order valence-corrected chi connectivity index (χ4v) is 5.02. The predicted molar refractivity (Wildman–Crippen MR) is 131 cm³/mol. The molecule has 1 atom stereocenters. The molecule has 2 aliphatic rings. The summed E-state index contributed by atoms with van der Waals surface area (Å²) in [4.78, 5) is 54.9. The van der Waals surface area contributed by atoms with Crippen LogP contribution < -0.4 is 5.56 Å². The number of non-ortho nitro benzene ring substituents is 1. The number of rotatable bonds is 4. The van der Waals surface area contributed by atoms with E-state index < -0.39 is 22.5 Å². The Morgan fingerprint density at radius 1 is 1.16 bits per heavy atom. The molecule has 2 aromatic carbocycles. The quantitative estimate of drug-likeness (QED) is 0.208. The molecule has 37 heavy (non-hydrogen) atoms. The fraction of sp³-hybridized carbons (Fsp3) is 0.185. The molecule has 10 heteroatoms. The summed E-state index contributed by atoms with van der Waals surface area (Å²) in [6, 6.07) is 16.2. The Bertz CT molecular complexity index is 1710. The second kappa shape index (κ2) is 8.09. The van der Waals surface area contributed by atoms with Crippen LogP contribution in [0.25, 0.3) is 22.3 Å². The largest absolute Gasteiger partial charge is 0.457 e. The standard InChI is InChI=1S/C27H19N3O7/c1-2-27(37-25(32)15-7-9-18(10-8-15)30(34)35)20-12-22-23-17(11-16-5-3-4-6-21(16)28-23)13-29(22)24(31)19(20)14-36-26(27)33/h3-12H,2,13-14H2,1H3. The number of nitro benzene ring substituents is 1. The van der Waals surface area contributed by atoms with Crippen LogP contribution in [-0.2, 0) is 33.0 Å². The van der Waals surface area contributed by atoms with Gasteiger partial charge in [0, 0.05) is 28.6 Å². The number of carbonyl (C=O) groups is 2. The van der Waals surface area contributed by atoms with Crippen molar-refractivity contribution in [1.29, 1.82) is 0 Å². The number of aromatic nitrogens is 2. The first kappa shape index (κ1) is 22.6. The highest BCUT2D eigenvalue weighted by molar-refractivity contribution is 5.94. The van der Waals surface area contributed by atoms with Crippen molar-refractivity contribution in [2.24, 2.45) is 0 Å². The van der Waals surface area contributed by atoms with Crippen LogP contribution in [0, 0.1) is 10.1 Å². The molecule has 0 saturated carbocycles. The van der Waals surface area contributed by atoms with Gasteiger partial charge in [-0.3, -0.25) is 14.9 Å². The number of carbonyl (C=O) groups excluding carboxylic acids is 2. The minimum absolute atomic E-state index is 0.0124. The third kappa shape index (κ3) is 3.33. The normalized spacial score (nSPS) is 17.5. The molecule has 0 fully saturated rings. The Balaban J connectivity index is 1.48. The maximum absolute atomic E-state index is 13.6. The number of pyridine rings is 2. The van der Waals surface area contributed by atoms with E-state index in [9.17, 15) is 24.5 Å². The summed E-state index contributed by atoms with van der Waals surface area (Å²) in [5, 5.41) is 11.9. The fourth-order valence-electron chi connectivity index (χ4n) is 5.02. The van der Waals surface area contributed by atoms with Crippen molar-refractivity contribution in [2.75, 3.05) is 0 Å². The van der Waals surface area contributed by atoms with Crippen LogP contribution in [0.4, 0.5) is 5.69 Å². The van der Waals surface area contributed by atoms with E-state index >= 15 is 0 Å². The van der Waals surface area contributed by atoms with Crippen LogP contribution in [0.3, 0.4) is 0 Å². The summed E-state index contributed by atoms with van der Waals surface area (Å²) in [5.74, 6) is -1.65. The van der Waals surface area contributed by atoms with E-state index in [4.69, 9.17) is 14.5 Å². The molecule has 0 bridgehead atoms. The Morgan fingerprint density at radius 3 is 2.65 bits per heavy atom. The number of nitrogens with zero attached hydrogens (tertiary/aromatic N) is 3. The molecule has 0 saturated heterocycles. The number of hydrogen-bond acceptors (Lipinski definition) is 8. The summed E-state index contributed by atoms with van der Waals surface area (Å²) in [6.07, 6.45) is 0.0124. The minimum atomic E-state index is -1.86. The lowest BCUT2D eigenvalue weighted by Crippen LogP contribution is -2.47. The van der Waals surface area contributed by atoms with Crippen molar-refractivity contribution in [1.82, 2.24) is 9.55 Å². The first-order valence-electron chi connectivity index (χ1n) is 11.6. The molecule has 4 aromatic rings. The summed E-state index contributed by atoms with van der Waals surface area (Å²) >= 11 is 0. The van der Waals surface area contributed by atoms with Gasteiger partial charge in [-0.05, 0) is 36.8 Å². The van der Waals surface area contributed by atoms with E-state index in [1.165, 1.54) is 24.3 Å². The van der Waals surface area contributed by atoms with Crippen molar-refractivity contribution in [3.05, 3.63) is 103 Å². The van der Waals surface area contributed by atoms with Gasteiger partial charge in [0.2, 0.25) is 5.60 Å². The Kier molecular flexibility index (Phi) is 4.94. The Morgan fingerprint density at radius 2 is 1.92 bits per heavy atom. The number of fused-ring (bicyclic) bond motifs is 5. The molecule has 0 radical (unpaired) electrons. The highest BCUT2D eigenvalue weighted by Crippen LogP contribution is 2.41. The summed E-state index contributed by atoms with van der Waals surface area (Å²) in [5.41, 5.74) is 0.932. The van der Waals surface area contributed by atoms with Crippen molar-refractivity contribution in [3.63, 3.8) is 0 Å². The molecule has 0 spiro atoms. The molecule has 0 aliphatic carbocycles. The number of esters is 2. The summed E-state index contributed by atoms with van der Waals surface area (Å²) in [7, 11) is 0. The van der Waals surface area contributed by atoms with E-state index in [0.717, 1.165) is 16.5 Å². The van der Waals surface area contributed by atoms with Gasteiger partial charge in [0.1, 0.15) is 6.61 Å². The molecule has 6 rings (SSSR count). The third-order valence-electron chi connectivity index (χ3n) is 6.97. The molecule has 0 N–H and O–H groups in total. The van der Waals surface area contributed by atoms with Gasteiger partial charge < -0.3 is 14.0 Å². The zero-order valence-electron chi connectivity index (χ0n) is 19.6. The van der Waals surface area contributed by atoms with Crippen LogP contribution in [-0.4, -0.2) is 26.4 Å². The second-order valence-electron chi connectivity index (χ2n) is 8.95. The number of hydrogen-bond donors (Lipinski definition) is 0. The average Bonchev–Trinajstić information content (AvgIpc) is 3.27. The Hall–Kier alpha value is -4.86. The molecule has 2 aromatic heterocycles. The number of benzene rings is 2. The van der Waals surface area contributed by atoms with Crippen molar-refractivity contribution in [2.45, 2.75) is 32.1 Å². The lowest BCUT2D eigenvalue weighted by Gasteiger charge is -2.35. The van der Waals surface area contributed by atoms with Crippen molar-refractivity contribution >= 4 is 28.5 Å². The summed E-state index contributed by atoms with van der Waals surface area (Å²) in [6.45, 7) is 1.74.